The van der Waals surface area contributed by atoms with Crippen LogP contribution in [0.1, 0.15) is 36.1 Å². The zero-order valence-corrected chi connectivity index (χ0v) is 13.9. The number of hydrogen-bond donors (Lipinski definition) is 1. The Morgan fingerprint density at radius 1 is 1.05 bits per heavy atom. The summed E-state index contributed by atoms with van der Waals surface area (Å²) in [4.78, 5) is 10.9. The maximum atomic E-state index is 10.9. The van der Waals surface area contributed by atoms with Crippen LogP contribution >= 0.6 is 11.6 Å². The van der Waals surface area contributed by atoms with Crippen molar-refractivity contribution in [1.82, 2.24) is 0 Å². The fourth-order valence-electron chi connectivity index (χ4n) is 2.45. The first-order chi connectivity index (χ1) is 10.2. The number of carbonyl (C=O) groups excluding carboxylic acids is 1. The molecule has 2 aromatic carbocycles. The van der Waals surface area contributed by atoms with Crippen molar-refractivity contribution >= 4 is 17.0 Å². The highest BCUT2D eigenvalue weighted by Crippen LogP contribution is 2.35. The molecule has 0 heterocycles. The molecule has 0 radical (unpaired) electrons. The van der Waals surface area contributed by atoms with Gasteiger partial charge in [-0.2, -0.15) is 0 Å². The zero-order valence-electron chi connectivity index (χ0n) is 13.1. The summed E-state index contributed by atoms with van der Waals surface area (Å²) in [5.41, 5.74) is 2.79. The molecule has 0 bridgehead atoms. The van der Waals surface area contributed by atoms with Gasteiger partial charge in [-0.15, -0.1) is 0 Å². The molecule has 116 valence electrons. The van der Waals surface area contributed by atoms with Crippen LogP contribution in [0.3, 0.4) is 0 Å². The summed E-state index contributed by atoms with van der Waals surface area (Å²) < 4.78 is 4.95. The zero-order chi connectivity index (χ0) is 16.5. The standard InChI is InChI=1S/C18H19ClO3/c1-11-9-13(5-7-15(11)20)18(3,4)14-6-8-16(12(2)10-14)22-17(19)21/h5-10,20H,1-4H3. The van der Waals surface area contributed by atoms with Crippen LogP contribution in [0, 0.1) is 13.8 Å². The van der Waals surface area contributed by atoms with Crippen LogP contribution in [-0.4, -0.2) is 10.5 Å². The lowest BCUT2D eigenvalue weighted by Crippen LogP contribution is -2.19. The highest BCUT2D eigenvalue weighted by molar-refractivity contribution is 6.61. The predicted molar refractivity (Wildman–Crippen MR) is 88.0 cm³/mol. The van der Waals surface area contributed by atoms with Gasteiger partial charge in [0.2, 0.25) is 0 Å². The number of halogens is 1. The summed E-state index contributed by atoms with van der Waals surface area (Å²) in [5.74, 6) is 0.751. The molecule has 2 rings (SSSR count). The quantitative estimate of drug-likeness (QED) is 0.803. The Labute approximate surface area is 135 Å². The second-order valence-corrected chi connectivity index (χ2v) is 6.25. The summed E-state index contributed by atoms with van der Waals surface area (Å²) in [7, 11) is 0. The Balaban J connectivity index is 2.42. The van der Waals surface area contributed by atoms with Gasteiger partial charge in [-0.25, -0.2) is 4.79 Å². The maximum absolute atomic E-state index is 10.9. The molecular weight excluding hydrogens is 300 g/mol. The summed E-state index contributed by atoms with van der Waals surface area (Å²) in [6, 6.07) is 11.3. The Morgan fingerprint density at radius 2 is 1.59 bits per heavy atom. The van der Waals surface area contributed by atoms with E-state index in [-0.39, 0.29) is 5.41 Å². The third-order valence-corrected chi connectivity index (χ3v) is 4.08. The first kappa shape index (κ1) is 16.4. The number of ether oxygens (including phenoxy) is 1. The minimum absolute atomic E-state index is 0.243. The number of phenols is 1. The number of aryl methyl sites for hydroxylation is 2. The number of aromatic hydroxyl groups is 1. The van der Waals surface area contributed by atoms with Crippen LogP contribution in [0.25, 0.3) is 0 Å². The largest absolute Gasteiger partial charge is 0.508 e. The first-order valence-electron chi connectivity index (χ1n) is 7.00. The molecule has 2 aromatic rings. The number of benzene rings is 2. The summed E-state index contributed by atoms with van der Waals surface area (Å²) in [6.07, 6.45) is 0. The fraction of sp³-hybridized carbons (Fsp3) is 0.278. The van der Waals surface area contributed by atoms with E-state index in [4.69, 9.17) is 16.3 Å². The molecule has 0 aliphatic heterocycles. The predicted octanol–water partition coefficient (Wildman–Crippen LogP) is 5.07. The van der Waals surface area contributed by atoms with E-state index in [1.807, 2.05) is 38.1 Å². The third-order valence-electron chi connectivity index (χ3n) is 4.01. The van der Waals surface area contributed by atoms with E-state index in [2.05, 4.69) is 13.8 Å². The number of carbonyl (C=O) groups is 1. The van der Waals surface area contributed by atoms with Crippen LogP contribution in [-0.2, 0) is 5.41 Å². The Bertz CT molecular complexity index is 720. The molecule has 4 heteroatoms. The maximum Gasteiger partial charge on any atom is 0.409 e. The van der Waals surface area contributed by atoms with Crippen molar-refractivity contribution in [3.8, 4) is 11.5 Å². The van der Waals surface area contributed by atoms with Crippen molar-refractivity contribution < 1.29 is 14.6 Å². The molecule has 0 aromatic heterocycles. The lowest BCUT2D eigenvalue weighted by atomic mass is 9.77. The van der Waals surface area contributed by atoms with Gasteiger partial charge in [0.25, 0.3) is 0 Å². The normalized spacial score (nSPS) is 11.3. The molecule has 0 amide bonds. The Morgan fingerprint density at radius 3 is 2.09 bits per heavy atom. The van der Waals surface area contributed by atoms with E-state index in [0.717, 1.165) is 22.3 Å². The number of hydrogen-bond acceptors (Lipinski definition) is 3. The van der Waals surface area contributed by atoms with E-state index in [0.29, 0.717) is 11.5 Å². The molecule has 3 nitrogen and oxygen atoms in total. The number of phenolic OH excluding ortho intramolecular Hbond substituents is 1. The molecule has 22 heavy (non-hydrogen) atoms. The monoisotopic (exact) mass is 318 g/mol. The molecule has 0 aliphatic carbocycles. The van der Waals surface area contributed by atoms with Gasteiger partial charge < -0.3 is 9.84 Å². The smallest absolute Gasteiger partial charge is 0.409 e. The number of rotatable bonds is 3. The SMILES string of the molecule is Cc1cc(C(C)(C)c2ccc(OC(=O)Cl)c(C)c2)ccc1O. The fourth-order valence-corrected chi connectivity index (χ4v) is 2.53. The van der Waals surface area contributed by atoms with Crippen LogP contribution in [0.2, 0.25) is 0 Å². The molecule has 0 saturated carbocycles. The molecule has 0 unspecified atom stereocenters. The Hall–Kier alpha value is -2.00. The van der Waals surface area contributed by atoms with Gasteiger partial charge in [0.05, 0.1) is 0 Å². The van der Waals surface area contributed by atoms with Gasteiger partial charge >= 0.3 is 5.43 Å². The average Bonchev–Trinajstić information content (AvgIpc) is 2.43. The molecular formula is C18H19ClO3. The summed E-state index contributed by atoms with van der Waals surface area (Å²) >= 11 is 5.26. The average molecular weight is 319 g/mol. The molecule has 0 saturated heterocycles. The first-order valence-corrected chi connectivity index (χ1v) is 7.38. The lowest BCUT2D eigenvalue weighted by molar-refractivity contribution is 0.225. The van der Waals surface area contributed by atoms with Crippen LogP contribution in [0.5, 0.6) is 11.5 Å². The minimum atomic E-state index is -0.843. The van der Waals surface area contributed by atoms with E-state index >= 15 is 0 Å². The summed E-state index contributed by atoms with van der Waals surface area (Å²) in [6.45, 7) is 7.97. The molecule has 0 aliphatic rings. The Kier molecular flexibility index (Phi) is 4.47. The molecule has 1 N–H and O–H groups in total. The lowest BCUT2D eigenvalue weighted by Gasteiger charge is -2.27. The van der Waals surface area contributed by atoms with Crippen molar-refractivity contribution in [1.29, 1.82) is 0 Å². The highest BCUT2D eigenvalue weighted by atomic mass is 35.5. The van der Waals surface area contributed by atoms with Crippen molar-refractivity contribution in [3.63, 3.8) is 0 Å². The van der Waals surface area contributed by atoms with Gasteiger partial charge in [0.15, 0.2) is 0 Å². The van der Waals surface area contributed by atoms with Gasteiger partial charge in [-0.3, -0.25) is 0 Å². The van der Waals surface area contributed by atoms with Crippen molar-refractivity contribution in [2.24, 2.45) is 0 Å². The van der Waals surface area contributed by atoms with Gasteiger partial charge in [-0.05, 0) is 48.2 Å². The van der Waals surface area contributed by atoms with Crippen LogP contribution in [0.15, 0.2) is 36.4 Å². The molecule has 0 fully saturated rings. The van der Waals surface area contributed by atoms with Crippen molar-refractivity contribution in [2.75, 3.05) is 0 Å². The van der Waals surface area contributed by atoms with Gasteiger partial charge in [0, 0.05) is 17.0 Å². The topological polar surface area (TPSA) is 46.5 Å². The molecule has 0 spiro atoms. The van der Waals surface area contributed by atoms with Crippen molar-refractivity contribution in [3.05, 3.63) is 58.7 Å². The van der Waals surface area contributed by atoms with Gasteiger partial charge in [-0.1, -0.05) is 38.1 Å². The van der Waals surface area contributed by atoms with E-state index in [1.165, 1.54) is 0 Å². The van der Waals surface area contributed by atoms with Crippen molar-refractivity contribution in [2.45, 2.75) is 33.1 Å². The molecule has 0 atom stereocenters. The summed E-state index contributed by atoms with van der Waals surface area (Å²) in [5, 5.41) is 9.68. The van der Waals surface area contributed by atoms with Gasteiger partial charge in [0.1, 0.15) is 11.5 Å². The van der Waals surface area contributed by atoms with E-state index < -0.39 is 5.43 Å². The second kappa shape index (κ2) is 6.01. The minimum Gasteiger partial charge on any atom is -0.508 e. The van der Waals surface area contributed by atoms with Crippen LogP contribution in [0.4, 0.5) is 4.79 Å². The van der Waals surface area contributed by atoms with E-state index in [1.54, 1.807) is 12.1 Å². The third kappa shape index (κ3) is 3.25. The highest BCUT2D eigenvalue weighted by Gasteiger charge is 2.24. The van der Waals surface area contributed by atoms with E-state index in [9.17, 15) is 9.90 Å². The van der Waals surface area contributed by atoms with Crippen LogP contribution < -0.4 is 4.74 Å². The second-order valence-electron chi connectivity index (χ2n) is 5.95.